The summed E-state index contributed by atoms with van der Waals surface area (Å²) in [7, 11) is 0. The number of ketones is 1. The van der Waals surface area contributed by atoms with E-state index in [9.17, 15) is 13.6 Å². The van der Waals surface area contributed by atoms with E-state index >= 15 is 0 Å². The lowest BCUT2D eigenvalue weighted by molar-refractivity contribution is 0.0917. The van der Waals surface area contributed by atoms with Gasteiger partial charge in [0.25, 0.3) is 0 Å². The molecule has 0 aliphatic carbocycles. The maximum absolute atomic E-state index is 13.4. The van der Waals surface area contributed by atoms with E-state index in [0.717, 1.165) is 12.1 Å². The number of carbonyl (C=O) groups excluding carboxylic acids is 1. The molecule has 2 aromatic rings. The number of ether oxygens (including phenoxy) is 1. The Morgan fingerprint density at radius 2 is 1.89 bits per heavy atom. The van der Waals surface area contributed by atoms with Crippen molar-refractivity contribution in [1.29, 1.82) is 0 Å². The van der Waals surface area contributed by atoms with Crippen LogP contribution in [-0.2, 0) is 0 Å². The highest BCUT2D eigenvalue weighted by Crippen LogP contribution is 2.24. The Bertz CT molecular complexity index is 614. The van der Waals surface area contributed by atoms with Crippen LogP contribution < -0.4 is 4.74 Å². The minimum atomic E-state index is -0.888. The SMILES string of the molecule is O=C(COc1ccccc1Br)c1ccc(F)cc1F. The Balaban J connectivity index is 2.08. The minimum Gasteiger partial charge on any atom is -0.484 e. The Hall–Kier alpha value is -1.75. The molecule has 0 spiro atoms. The molecule has 0 aliphatic heterocycles. The topological polar surface area (TPSA) is 26.3 Å². The lowest BCUT2D eigenvalue weighted by Gasteiger charge is -2.07. The van der Waals surface area contributed by atoms with Crippen molar-refractivity contribution in [2.45, 2.75) is 0 Å². The van der Waals surface area contributed by atoms with Gasteiger partial charge >= 0.3 is 0 Å². The summed E-state index contributed by atoms with van der Waals surface area (Å²) in [6.07, 6.45) is 0. The fourth-order valence-corrected chi connectivity index (χ4v) is 1.90. The molecule has 0 N–H and O–H groups in total. The second-order valence-electron chi connectivity index (χ2n) is 3.77. The largest absolute Gasteiger partial charge is 0.484 e. The third-order valence-corrected chi connectivity index (χ3v) is 3.08. The second-order valence-corrected chi connectivity index (χ2v) is 4.62. The van der Waals surface area contributed by atoms with Gasteiger partial charge in [0.2, 0.25) is 5.78 Å². The quantitative estimate of drug-likeness (QED) is 0.794. The van der Waals surface area contributed by atoms with Crippen LogP contribution in [-0.4, -0.2) is 12.4 Å². The summed E-state index contributed by atoms with van der Waals surface area (Å²) < 4.78 is 32.1. The number of benzene rings is 2. The van der Waals surface area contributed by atoms with Gasteiger partial charge in [-0.05, 0) is 40.2 Å². The van der Waals surface area contributed by atoms with E-state index in [1.54, 1.807) is 24.3 Å². The van der Waals surface area contributed by atoms with Gasteiger partial charge in [-0.1, -0.05) is 12.1 Å². The van der Waals surface area contributed by atoms with Crippen molar-refractivity contribution < 1.29 is 18.3 Å². The summed E-state index contributed by atoms with van der Waals surface area (Å²) in [5, 5.41) is 0. The normalized spacial score (nSPS) is 10.3. The van der Waals surface area contributed by atoms with E-state index in [4.69, 9.17) is 4.74 Å². The fourth-order valence-electron chi connectivity index (χ4n) is 1.50. The first-order chi connectivity index (χ1) is 9.08. The van der Waals surface area contributed by atoms with Gasteiger partial charge in [-0.2, -0.15) is 0 Å². The maximum Gasteiger partial charge on any atom is 0.203 e. The monoisotopic (exact) mass is 326 g/mol. The molecule has 0 heterocycles. The van der Waals surface area contributed by atoms with Crippen LogP contribution in [0.15, 0.2) is 46.9 Å². The minimum absolute atomic E-state index is 0.187. The van der Waals surface area contributed by atoms with Crippen molar-refractivity contribution in [3.63, 3.8) is 0 Å². The summed E-state index contributed by atoms with van der Waals surface area (Å²) in [5.74, 6) is -1.67. The van der Waals surface area contributed by atoms with E-state index in [1.807, 2.05) is 0 Å². The fraction of sp³-hybridized carbons (Fsp3) is 0.0714. The van der Waals surface area contributed by atoms with Crippen LogP contribution in [0.4, 0.5) is 8.78 Å². The number of para-hydroxylation sites is 1. The molecule has 0 atom stereocenters. The molecule has 0 unspecified atom stereocenters. The van der Waals surface area contributed by atoms with Crippen LogP contribution in [0, 0.1) is 11.6 Å². The number of Topliss-reactive ketones (excluding diaryl/α,β-unsaturated/α-hetero) is 1. The zero-order valence-corrected chi connectivity index (χ0v) is 11.3. The number of carbonyl (C=O) groups is 1. The molecular weight excluding hydrogens is 318 g/mol. The molecule has 2 rings (SSSR count). The molecule has 0 saturated carbocycles. The van der Waals surface area contributed by atoms with Gasteiger partial charge in [-0.3, -0.25) is 4.79 Å². The highest BCUT2D eigenvalue weighted by atomic mass is 79.9. The van der Waals surface area contributed by atoms with Gasteiger partial charge in [0, 0.05) is 6.07 Å². The lowest BCUT2D eigenvalue weighted by atomic mass is 10.1. The highest BCUT2D eigenvalue weighted by Gasteiger charge is 2.13. The van der Waals surface area contributed by atoms with E-state index in [-0.39, 0.29) is 12.2 Å². The first-order valence-corrected chi connectivity index (χ1v) is 6.23. The van der Waals surface area contributed by atoms with Gasteiger partial charge in [0.1, 0.15) is 17.4 Å². The van der Waals surface area contributed by atoms with Crippen molar-refractivity contribution in [2.75, 3.05) is 6.61 Å². The predicted molar refractivity (Wildman–Crippen MR) is 70.3 cm³/mol. The van der Waals surface area contributed by atoms with Crippen molar-refractivity contribution in [2.24, 2.45) is 0 Å². The molecule has 98 valence electrons. The van der Waals surface area contributed by atoms with Gasteiger partial charge in [0.05, 0.1) is 10.0 Å². The van der Waals surface area contributed by atoms with E-state index in [0.29, 0.717) is 16.3 Å². The molecule has 2 nitrogen and oxygen atoms in total. The maximum atomic E-state index is 13.4. The smallest absolute Gasteiger partial charge is 0.203 e. The molecule has 2 aromatic carbocycles. The molecule has 0 bridgehead atoms. The van der Waals surface area contributed by atoms with Crippen LogP contribution in [0.3, 0.4) is 0 Å². The standard InChI is InChI=1S/C14H9BrF2O2/c15-11-3-1-2-4-14(11)19-8-13(18)10-6-5-9(16)7-12(10)17/h1-7H,8H2. The zero-order valence-electron chi connectivity index (χ0n) is 9.70. The van der Waals surface area contributed by atoms with Crippen molar-refractivity contribution in [3.05, 3.63) is 64.1 Å². The van der Waals surface area contributed by atoms with Gasteiger partial charge in [-0.15, -0.1) is 0 Å². The van der Waals surface area contributed by atoms with E-state index in [1.165, 1.54) is 0 Å². The molecule has 0 saturated heterocycles. The van der Waals surface area contributed by atoms with Crippen LogP contribution in [0.25, 0.3) is 0 Å². The lowest BCUT2D eigenvalue weighted by Crippen LogP contribution is -2.13. The van der Waals surface area contributed by atoms with E-state index in [2.05, 4.69) is 15.9 Å². The van der Waals surface area contributed by atoms with Crippen molar-refractivity contribution in [3.8, 4) is 5.75 Å². The Morgan fingerprint density at radius 1 is 1.16 bits per heavy atom. The van der Waals surface area contributed by atoms with Crippen LogP contribution in [0.2, 0.25) is 0 Å². The Labute approximate surface area is 117 Å². The summed E-state index contributed by atoms with van der Waals surface area (Å²) in [5.41, 5.74) is -0.187. The van der Waals surface area contributed by atoms with Gasteiger partial charge < -0.3 is 4.74 Å². The summed E-state index contributed by atoms with van der Waals surface area (Å²) in [6, 6.07) is 9.81. The number of halogens is 3. The molecule has 19 heavy (non-hydrogen) atoms. The molecule has 0 aromatic heterocycles. The van der Waals surface area contributed by atoms with Gasteiger partial charge in [-0.25, -0.2) is 8.78 Å². The summed E-state index contributed by atoms with van der Waals surface area (Å²) in [6.45, 7) is -0.314. The Kier molecular flexibility index (Phi) is 4.27. The zero-order chi connectivity index (χ0) is 13.8. The number of rotatable bonds is 4. The van der Waals surface area contributed by atoms with Crippen molar-refractivity contribution >= 4 is 21.7 Å². The summed E-state index contributed by atoms with van der Waals surface area (Å²) in [4.78, 5) is 11.8. The van der Waals surface area contributed by atoms with Gasteiger partial charge in [0.15, 0.2) is 6.61 Å². The average Bonchev–Trinajstić information content (AvgIpc) is 2.37. The molecular formula is C14H9BrF2O2. The molecule has 5 heteroatoms. The molecule has 0 radical (unpaired) electrons. The number of hydrogen-bond acceptors (Lipinski definition) is 2. The van der Waals surface area contributed by atoms with Crippen LogP contribution >= 0.6 is 15.9 Å². The third kappa shape index (κ3) is 3.38. The molecule has 0 amide bonds. The van der Waals surface area contributed by atoms with Crippen LogP contribution in [0.1, 0.15) is 10.4 Å². The second kappa shape index (κ2) is 5.93. The van der Waals surface area contributed by atoms with Crippen molar-refractivity contribution in [1.82, 2.24) is 0 Å². The average molecular weight is 327 g/mol. The highest BCUT2D eigenvalue weighted by molar-refractivity contribution is 9.10. The first kappa shape index (κ1) is 13.7. The third-order valence-electron chi connectivity index (χ3n) is 2.43. The number of hydrogen-bond donors (Lipinski definition) is 0. The molecule has 0 aliphatic rings. The first-order valence-electron chi connectivity index (χ1n) is 5.43. The predicted octanol–water partition coefficient (Wildman–Crippen LogP) is 3.99. The van der Waals surface area contributed by atoms with E-state index < -0.39 is 17.4 Å². The Morgan fingerprint density at radius 3 is 2.58 bits per heavy atom. The summed E-state index contributed by atoms with van der Waals surface area (Å²) >= 11 is 3.27. The molecule has 0 fully saturated rings. The van der Waals surface area contributed by atoms with Crippen LogP contribution in [0.5, 0.6) is 5.75 Å².